The Hall–Kier alpha value is -1.59. The van der Waals surface area contributed by atoms with Crippen molar-refractivity contribution in [3.63, 3.8) is 0 Å². The van der Waals surface area contributed by atoms with Crippen LogP contribution in [-0.2, 0) is 12.3 Å². The van der Waals surface area contributed by atoms with Crippen molar-refractivity contribution in [2.75, 3.05) is 6.54 Å². The van der Waals surface area contributed by atoms with Crippen molar-refractivity contribution in [3.8, 4) is 0 Å². The van der Waals surface area contributed by atoms with Gasteiger partial charge in [-0.2, -0.15) is 4.98 Å². The Balaban J connectivity index is 1.84. The number of nitrogens with one attached hydrogen (secondary N) is 1. The van der Waals surface area contributed by atoms with Crippen molar-refractivity contribution in [1.82, 2.24) is 15.5 Å². The van der Waals surface area contributed by atoms with Crippen LogP contribution in [0.5, 0.6) is 0 Å². The van der Waals surface area contributed by atoms with Gasteiger partial charge in [0.15, 0.2) is 5.82 Å². The lowest BCUT2D eigenvalue weighted by molar-refractivity contribution is 0.366. The molecular formula is C14H17N3OS. The van der Waals surface area contributed by atoms with Crippen LogP contribution in [0, 0.1) is 6.92 Å². The summed E-state index contributed by atoms with van der Waals surface area (Å²) in [6, 6.07) is 8.38. The maximum Gasteiger partial charge on any atom is 0.240 e. The van der Waals surface area contributed by atoms with Crippen LogP contribution in [-0.4, -0.2) is 16.7 Å². The Kier molecular flexibility index (Phi) is 5.18. The maximum atomic E-state index is 5.15. The molecular weight excluding hydrogens is 258 g/mol. The fourth-order valence-electron chi connectivity index (χ4n) is 1.55. The summed E-state index contributed by atoms with van der Waals surface area (Å²) in [6.45, 7) is 7.03. The van der Waals surface area contributed by atoms with Crippen LogP contribution < -0.4 is 5.32 Å². The summed E-state index contributed by atoms with van der Waals surface area (Å²) >= 11 is 1.71. The van der Waals surface area contributed by atoms with Gasteiger partial charge in [-0.3, -0.25) is 0 Å². The predicted octanol–water partition coefficient (Wildman–Crippen LogP) is 2.95. The summed E-state index contributed by atoms with van der Waals surface area (Å²) in [5, 5.41) is 7.08. The lowest BCUT2D eigenvalue weighted by atomic mass is 10.2. The Morgan fingerprint density at radius 2 is 2.37 bits per heavy atom. The summed E-state index contributed by atoms with van der Waals surface area (Å²) in [6.07, 6.45) is 1.80. The fourth-order valence-corrected chi connectivity index (χ4v) is 2.41. The van der Waals surface area contributed by atoms with Gasteiger partial charge in [0, 0.05) is 11.4 Å². The van der Waals surface area contributed by atoms with Gasteiger partial charge in [0.05, 0.1) is 12.3 Å². The van der Waals surface area contributed by atoms with Gasteiger partial charge in [-0.15, -0.1) is 18.3 Å². The maximum absolute atomic E-state index is 5.15. The van der Waals surface area contributed by atoms with Crippen molar-refractivity contribution < 1.29 is 4.52 Å². The molecule has 100 valence electrons. The summed E-state index contributed by atoms with van der Waals surface area (Å²) in [5.74, 6) is 2.05. The summed E-state index contributed by atoms with van der Waals surface area (Å²) in [5.41, 5.74) is 1.26. The number of thioether (sulfide) groups is 1. The van der Waals surface area contributed by atoms with Gasteiger partial charge in [-0.25, -0.2) is 0 Å². The third-order valence-corrected chi connectivity index (χ3v) is 3.42. The Morgan fingerprint density at radius 3 is 3.16 bits per heavy atom. The molecule has 1 heterocycles. The molecule has 1 aromatic heterocycles. The Morgan fingerprint density at radius 1 is 1.47 bits per heavy atom. The molecule has 5 heteroatoms. The van der Waals surface area contributed by atoms with E-state index in [4.69, 9.17) is 4.52 Å². The summed E-state index contributed by atoms with van der Waals surface area (Å²) in [4.78, 5) is 5.54. The number of hydrogen-bond acceptors (Lipinski definition) is 5. The van der Waals surface area contributed by atoms with Crippen LogP contribution >= 0.6 is 11.8 Å². The standard InChI is InChI=1S/C14H17N3OS/c1-3-7-15-9-14-16-13(17-18-14)10-19-12-6-4-5-11(2)8-12/h3-6,8,15H,1,7,9-10H2,2H3. The quantitative estimate of drug-likeness (QED) is 0.478. The van der Waals surface area contributed by atoms with Crippen molar-refractivity contribution >= 4 is 11.8 Å². The first-order chi connectivity index (χ1) is 9.28. The zero-order valence-corrected chi connectivity index (χ0v) is 11.7. The number of hydrogen-bond donors (Lipinski definition) is 1. The number of aryl methyl sites for hydroxylation is 1. The van der Waals surface area contributed by atoms with E-state index in [1.54, 1.807) is 17.8 Å². The molecule has 0 aliphatic rings. The van der Waals surface area contributed by atoms with Crippen LogP contribution in [0.3, 0.4) is 0 Å². The highest BCUT2D eigenvalue weighted by atomic mass is 32.2. The van der Waals surface area contributed by atoms with E-state index in [1.165, 1.54) is 10.5 Å². The van der Waals surface area contributed by atoms with Gasteiger partial charge in [0.25, 0.3) is 0 Å². The SMILES string of the molecule is C=CCNCc1nc(CSc2cccc(C)c2)no1. The largest absolute Gasteiger partial charge is 0.338 e. The van der Waals surface area contributed by atoms with Gasteiger partial charge in [-0.1, -0.05) is 28.9 Å². The molecule has 0 unspecified atom stereocenters. The molecule has 0 aliphatic heterocycles. The first-order valence-electron chi connectivity index (χ1n) is 6.10. The Labute approximate surface area is 117 Å². The van der Waals surface area contributed by atoms with E-state index in [0.29, 0.717) is 18.2 Å². The monoisotopic (exact) mass is 275 g/mol. The molecule has 0 bridgehead atoms. The lowest BCUT2D eigenvalue weighted by Gasteiger charge is -1.99. The van der Waals surface area contributed by atoms with Crippen LogP contribution in [0.2, 0.25) is 0 Å². The average molecular weight is 275 g/mol. The molecule has 0 amide bonds. The van der Waals surface area contributed by atoms with Crippen molar-refractivity contribution in [1.29, 1.82) is 0 Å². The smallest absolute Gasteiger partial charge is 0.240 e. The Bertz CT molecular complexity index is 539. The van der Waals surface area contributed by atoms with Crippen molar-refractivity contribution in [2.24, 2.45) is 0 Å². The second-order valence-corrected chi connectivity index (χ2v) is 5.18. The highest BCUT2D eigenvalue weighted by Gasteiger charge is 2.06. The van der Waals surface area contributed by atoms with Crippen LogP contribution in [0.25, 0.3) is 0 Å². The number of aromatic nitrogens is 2. The number of rotatable bonds is 7. The molecule has 0 aliphatic carbocycles. The zero-order chi connectivity index (χ0) is 13.5. The van der Waals surface area contributed by atoms with E-state index in [2.05, 4.69) is 53.2 Å². The minimum atomic E-state index is 0.578. The first-order valence-corrected chi connectivity index (χ1v) is 7.09. The predicted molar refractivity (Wildman–Crippen MR) is 76.9 cm³/mol. The number of benzene rings is 1. The third kappa shape index (κ3) is 4.54. The van der Waals surface area contributed by atoms with E-state index in [0.717, 1.165) is 12.4 Å². The highest BCUT2D eigenvalue weighted by molar-refractivity contribution is 7.98. The van der Waals surface area contributed by atoms with Gasteiger partial charge >= 0.3 is 0 Å². The molecule has 0 radical (unpaired) electrons. The van der Waals surface area contributed by atoms with Crippen molar-refractivity contribution in [2.45, 2.75) is 24.1 Å². The molecule has 1 N–H and O–H groups in total. The van der Waals surface area contributed by atoms with Crippen LogP contribution in [0.15, 0.2) is 46.3 Å². The van der Waals surface area contributed by atoms with Crippen LogP contribution in [0.4, 0.5) is 0 Å². The van der Waals surface area contributed by atoms with E-state index < -0.39 is 0 Å². The van der Waals surface area contributed by atoms with E-state index >= 15 is 0 Å². The molecule has 1 aromatic carbocycles. The zero-order valence-electron chi connectivity index (χ0n) is 10.9. The average Bonchev–Trinajstić information content (AvgIpc) is 2.85. The summed E-state index contributed by atoms with van der Waals surface area (Å²) in [7, 11) is 0. The molecule has 0 spiro atoms. The number of nitrogens with zero attached hydrogens (tertiary/aromatic N) is 2. The molecule has 4 nitrogen and oxygen atoms in total. The normalized spacial score (nSPS) is 10.6. The third-order valence-electron chi connectivity index (χ3n) is 2.43. The topological polar surface area (TPSA) is 51.0 Å². The summed E-state index contributed by atoms with van der Waals surface area (Å²) < 4.78 is 5.15. The molecule has 2 aromatic rings. The molecule has 0 saturated heterocycles. The minimum absolute atomic E-state index is 0.578. The first kappa shape index (κ1) is 13.8. The van der Waals surface area contributed by atoms with E-state index in [1.807, 2.05) is 0 Å². The second kappa shape index (κ2) is 7.11. The lowest BCUT2D eigenvalue weighted by Crippen LogP contribution is -2.12. The van der Waals surface area contributed by atoms with Gasteiger partial charge in [0.1, 0.15) is 0 Å². The van der Waals surface area contributed by atoms with Crippen molar-refractivity contribution in [3.05, 3.63) is 54.2 Å². The molecule has 2 rings (SSSR count). The van der Waals surface area contributed by atoms with E-state index in [9.17, 15) is 0 Å². The molecule has 0 fully saturated rings. The van der Waals surface area contributed by atoms with Crippen LogP contribution in [0.1, 0.15) is 17.3 Å². The van der Waals surface area contributed by atoms with Gasteiger partial charge < -0.3 is 9.84 Å². The van der Waals surface area contributed by atoms with Gasteiger partial charge in [0.2, 0.25) is 5.89 Å². The fraction of sp³-hybridized carbons (Fsp3) is 0.286. The molecule has 0 atom stereocenters. The minimum Gasteiger partial charge on any atom is -0.338 e. The second-order valence-electron chi connectivity index (χ2n) is 4.13. The molecule has 19 heavy (non-hydrogen) atoms. The molecule has 0 saturated carbocycles. The van der Waals surface area contributed by atoms with Gasteiger partial charge in [-0.05, 0) is 19.1 Å². The van der Waals surface area contributed by atoms with E-state index in [-0.39, 0.29) is 0 Å². The highest BCUT2D eigenvalue weighted by Crippen LogP contribution is 2.22.